The summed E-state index contributed by atoms with van der Waals surface area (Å²) in [6.45, 7) is 10.1. The number of likely N-dealkylation sites (tertiary alicyclic amines) is 1. The second kappa shape index (κ2) is 5.68. The van der Waals surface area contributed by atoms with Crippen molar-refractivity contribution in [3.05, 3.63) is 0 Å². The Hall–Kier alpha value is -0.120. The number of aliphatic hydroxyl groups excluding tert-OH is 1. The van der Waals surface area contributed by atoms with E-state index in [9.17, 15) is 5.11 Å². The van der Waals surface area contributed by atoms with E-state index >= 15 is 0 Å². The van der Waals surface area contributed by atoms with Crippen LogP contribution in [-0.4, -0.2) is 49.5 Å². The van der Waals surface area contributed by atoms with E-state index in [1.54, 1.807) is 0 Å². The van der Waals surface area contributed by atoms with E-state index in [-0.39, 0.29) is 5.41 Å². The average Bonchev–Trinajstić information content (AvgIpc) is 2.79. The molecule has 1 unspecified atom stereocenters. The van der Waals surface area contributed by atoms with Gasteiger partial charge in [0.15, 0.2) is 0 Å². The van der Waals surface area contributed by atoms with Crippen molar-refractivity contribution in [2.75, 3.05) is 39.5 Å². The number of ether oxygens (including phenoxy) is 1. The summed E-state index contributed by atoms with van der Waals surface area (Å²) in [5.74, 6) is 1.64. The number of hydrogen-bond acceptors (Lipinski definition) is 3. The van der Waals surface area contributed by atoms with E-state index in [4.69, 9.17) is 4.74 Å². The zero-order chi connectivity index (χ0) is 12.3. The van der Waals surface area contributed by atoms with Crippen molar-refractivity contribution >= 4 is 0 Å². The van der Waals surface area contributed by atoms with Crippen molar-refractivity contribution < 1.29 is 9.84 Å². The van der Waals surface area contributed by atoms with Gasteiger partial charge < -0.3 is 14.7 Å². The Morgan fingerprint density at radius 2 is 2.06 bits per heavy atom. The van der Waals surface area contributed by atoms with Crippen LogP contribution in [0.15, 0.2) is 0 Å². The summed E-state index contributed by atoms with van der Waals surface area (Å²) < 4.78 is 5.42. The van der Waals surface area contributed by atoms with Gasteiger partial charge in [0.1, 0.15) is 0 Å². The molecule has 0 radical (unpaired) electrons. The molecule has 17 heavy (non-hydrogen) atoms. The normalized spacial score (nSPS) is 30.0. The van der Waals surface area contributed by atoms with Crippen LogP contribution in [0.1, 0.15) is 33.1 Å². The molecule has 0 aromatic rings. The Kier molecular flexibility index (Phi) is 4.45. The number of hydrogen-bond donors (Lipinski definition) is 1. The predicted octanol–water partition coefficient (Wildman–Crippen LogP) is 1.75. The van der Waals surface area contributed by atoms with E-state index < -0.39 is 0 Å². The summed E-state index contributed by atoms with van der Waals surface area (Å²) in [6.07, 6.45) is 3.37. The molecule has 0 amide bonds. The largest absolute Gasteiger partial charge is 0.396 e. The zero-order valence-electron chi connectivity index (χ0n) is 11.3. The van der Waals surface area contributed by atoms with Gasteiger partial charge in [0.25, 0.3) is 0 Å². The molecule has 2 fully saturated rings. The lowest BCUT2D eigenvalue weighted by Crippen LogP contribution is -2.43. The van der Waals surface area contributed by atoms with Gasteiger partial charge in [-0.3, -0.25) is 0 Å². The molecule has 3 heteroatoms. The van der Waals surface area contributed by atoms with Gasteiger partial charge in [-0.15, -0.1) is 0 Å². The standard InChI is InChI=1S/C14H27NO2/c1-12(2)13-3-6-15(9-13)10-14(11-16)4-7-17-8-5-14/h12-13,16H,3-11H2,1-2H3. The molecule has 0 saturated carbocycles. The molecule has 0 spiro atoms. The summed E-state index contributed by atoms with van der Waals surface area (Å²) in [4.78, 5) is 2.56. The Balaban J connectivity index is 1.87. The molecule has 1 atom stereocenters. The van der Waals surface area contributed by atoms with Gasteiger partial charge in [-0.1, -0.05) is 13.8 Å². The fraction of sp³-hybridized carbons (Fsp3) is 1.00. The van der Waals surface area contributed by atoms with Crippen LogP contribution in [0, 0.1) is 17.3 Å². The highest BCUT2D eigenvalue weighted by atomic mass is 16.5. The smallest absolute Gasteiger partial charge is 0.0501 e. The van der Waals surface area contributed by atoms with Gasteiger partial charge in [-0.2, -0.15) is 0 Å². The third-order valence-electron chi connectivity index (χ3n) is 4.70. The van der Waals surface area contributed by atoms with E-state index in [1.807, 2.05) is 0 Å². The fourth-order valence-electron chi connectivity index (χ4n) is 3.20. The molecule has 1 N–H and O–H groups in total. The first-order chi connectivity index (χ1) is 8.15. The Morgan fingerprint density at radius 3 is 2.59 bits per heavy atom. The lowest BCUT2D eigenvalue weighted by atomic mass is 9.80. The molecule has 2 aliphatic rings. The maximum atomic E-state index is 9.69. The molecule has 2 aliphatic heterocycles. The highest BCUT2D eigenvalue weighted by molar-refractivity contribution is 4.88. The summed E-state index contributed by atoms with van der Waals surface area (Å²) in [7, 11) is 0. The topological polar surface area (TPSA) is 32.7 Å². The SMILES string of the molecule is CC(C)C1CCN(CC2(CO)CCOCC2)C1. The van der Waals surface area contributed by atoms with Crippen LogP contribution in [-0.2, 0) is 4.74 Å². The zero-order valence-corrected chi connectivity index (χ0v) is 11.3. The average molecular weight is 241 g/mol. The Morgan fingerprint density at radius 1 is 1.35 bits per heavy atom. The van der Waals surface area contributed by atoms with Crippen molar-refractivity contribution in [2.45, 2.75) is 33.1 Å². The van der Waals surface area contributed by atoms with Crippen molar-refractivity contribution in [1.29, 1.82) is 0 Å². The molecule has 0 aromatic carbocycles. The van der Waals surface area contributed by atoms with Gasteiger partial charge in [0, 0.05) is 31.7 Å². The van der Waals surface area contributed by atoms with E-state index in [2.05, 4.69) is 18.7 Å². The lowest BCUT2D eigenvalue weighted by Gasteiger charge is -2.38. The summed E-state index contributed by atoms with van der Waals surface area (Å²) in [6, 6.07) is 0. The van der Waals surface area contributed by atoms with E-state index in [1.165, 1.54) is 19.5 Å². The summed E-state index contributed by atoms with van der Waals surface area (Å²) in [5, 5.41) is 9.69. The van der Waals surface area contributed by atoms with Crippen molar-refractivity contribution in [2.24, 2.45) is 17.3 Å². The maximum Gasteiger partial charge on any atom is 0.0501 e. The van der Waals surface area contributed by atoms with Crippen molar-refractivity contribution in [3.63, 3.8) is 0 Å². The van der Waals surface area contributed by atoms with E-state index in [0.29, 0.717) is 6.61 Å². The minimum Gasteiger partial charge on any atom is -0.396 e. The van der Waals surface area contributed by atoms with Gasteiger partial charge >= 0.3 is 0 Å². The fourth-order valence-corrected chi connectivity index (χ4v) is 3.20. The highest BCUT2D eigenvalue weighted by Crippen LogP contribution is 2.33. The number of nitrogens with zero attached hydrogens (tertiary/aromatic N) is 1. The third kappa shape index (κ3) is 3.21. The molecule has 2 heterocycles. The third-order valence-corrected chi connectivity index (χ3v) is 4.70. The van der Waals surface area contributed by atoms with Crippen molar-refractivity contribution in [3.8, 4) is 0 Å². The molecule has 0 bridgehead atoms. The number of rotatable bonds is 4. The van der Waals surface area contributed by atoms with Crippen LogP contribution >= 0.6 is 0 Å². The van der Waals surface area contributed by atoms with Gasteiger partial charge in [-0.05, 0) is 37.6 Å². The van der Waals surface area contributed by atoms with Crippen LogP contribution in [0.2, 0.25) is 0 Å². The second-order valence-corrected chi connectivity index (χ2v) is 6.30. The van der Waals surface area contributed by atoms with Crippen LogP contribution in [0.4, 0.5) is 0 Å². The molecule has 0 aliphatic carbocycles. The molecule has 2 saturated heterocycles. The summed E-state index contributed by atoms with van der Waals surface area (Å²) >= 11 is 0. The predicted molar refractivity (Wildman–Crippen MR) is 69.0 cm³/mol. The van der Waals surface area contributed by atoms with Crippen LogP contribution < -0.4 is 0 Å². The number of aliphatic hydroxyl groups is 1. The maximum absolute atomic E-state index is 9.69. The molecular weight excluding hydrogens is 214 g/mol. The van der Waals surface area contributed by atoms with Crippen LogP contribution in [0.5, 0.6) is 0 Å². The first-order valence-corrected chi connectivity index (χ1v) is 7.06. The molecular formula is C14H27NO2. The Bertz CT molecular complexity index is 236. The van der Waals surface area contributed by atoms with Gasteiger partial charge in [0.2, 0.25) is 0 Å². The van der Waals surface area contributed by atoms with Gasteiger partial charge in [0.05, 0.1) is 6.61 Å². The monoisotopic (exact) mass is 241 g/mol. The van der Waals surface area contributed by atoms with Crippen LogP contribution in [0.3, 0.4) is 0 Å². The highest BCUT2D eigenvalue weighted by Gasteiger charge is 2.36. The minimum absolute atomic E-state index is 0.115. The summed E-state index contributed by atoms with van der Waals surface area (Å²) in [5.41, 5.74) is 0.115. The Labute approximate surface area is 105 Å². The van der Waals surface area contributed by atoms with Crippen LogP contribution in [0.25, 0.3) is 0 Å². The molecule has 2 rings (SSSR count). The first kappa shape index (κ1) is 13.3. The van der Waals surface area contributed by atoms with E-state index in [0.717, 1.165) is 44.4 Å². The lowest BCUT2D eigenvalue weighted by molar-refractivity contribution is -0.0318. The second-order valence-electron chi connectivity index (χ2n) is 6.30. The first-order valence-electron chi connectivity index (χ1n) is 7.06. The minimum atomic E-state index is 0.115. The van der Waals surface area contributed by atoms with Gasteiger partial charge in [-0.25, -0.2) is 0 Å². The molecule has 100 valence electrons. The molecule has 3 nitrogen and oxygen atoms in total. The quantitative estimate of drug-likeness (QED) is 0.814. The molecule has 0 aromatic heterocycles. The van der Waals surface area contributed by atoms with Crippen molar-refractivity contribution in [1.82, 2.24) is 4.90 Å².